The van der Waals surface area contributed by atoms with Crippen molar-refractivity contribution in [2.45, 2.75) is 57.0 Å². The smallest absolute Gasteiger partial charge is 0.475 e. The Hall–Kier alpha value is -1.68. The molecule has 3 aliphatic heterocycles. The molecule has 2 atom stereocenters. The molecule has 0 aliphatic carbocycles. The highest BCUT2D eigenvalue weighted by Crippen LogP contribution is 2.37. The Kier molecular flexibility index (Phi) is 8.55. The quantitative estimate of drug-likeness (QED) is 0.723. The predicted molar refractivity (Wildman–Crippen MR) is 111 cm³/mol. The van der Waals surface area contributed by atoms with Gasteiger partial charge in [0, 0.05) is 39.3 Å². The predicted octanol–water partition coefficient (Wildman–Crippen LogP) is 3.80. The van der Waals surface area contributed by atoms with Crippen LogP contribution in [0.4, 0.5) is 13.2 Å². The molecule has 0 radical (unpaired) electrons. The molecule has 3 heterocycles. The van der Waals surface area contributed by atoms with Crippen LogP contribution in [0.15, 0.2) is 24.3 Å². The molecular formula is C23H32F3NO5. The lowest BCUT2D eigenvalue weighted by atomic mass is 9.98. The number of ether oxygens (including phenoxy) is 3. The van der Waals surface area contributed by atoms with Crippen LogP contribution in [-0.2, 0) is 25.5 Å². The molecule has 1 spiro atoms. The Morgan fingerprint density at radius 1 is 1.25 bits per heavy atom. The summed E-state index contributed by atoms with van der Waals surface area (Å²) in [6.07, 6.45) is -0.329. The molecule has 32 heavy (non-hydrogen) atoms. The number of carbonyl (C=O) groups is 1. The maximum atomic E-state index is 10.6. The van der Waals surface area contributed by atoms with Crippen LogP contribution >= 0.6 is 0 Å². The van der Waals surface area contributed by atoms with Crippen LogP contribution < -0.4 is 0 Å². The molecule has 4 rings (SSSR count). The Labute approximate surface area is 186 Å². The molecule has 9 heteroatoms. The average Bonchev–Trinajstić information content (AvgIpc) is 3.34. The lowest BCUT2D eigenvalue weighted by molar-refractivity contribution is -0.192. The molecule has 180 valence electrons. The van der Waals surface area contributed by atoms with Crippen molar-refractivity contribution in [1.82, 2.24) is 4.90 Å². The summed E-state index contributed by atoms with van der Waals surface area (Å²) in [5.41, 5.74) is 2.75. The van der Waals surface area contributed by atoms with Gasteiger partial charge in [0.15, 0.2) is 0 Å². The Morgan fingerprint density at radius 2 is 1.91 bits per heavy atom. The number of nitrogens with zero attached hydrogens (tertiary/aromatic N) is 1. The van der Waals surface area contributed by atoms with Crippen LogP contribution in [0, 0.1) is 12.8 Å². The summed E-state index contributed by atoms with van der Waals surface area (Å²) in [6, 6.07) is 8.89. The van der Waals surface area contributed by atoms with Gasteiger partial charge in [-0.05, 0) is 37.7 Å². The molecule has 0 aromatic heterocycles. The molecule has 0 bridgehead atoms. The van der Waals surface area contributed by atoms with Crippen LogP contribution in [0.5, 0.6) is 0 Å². The second-order valence-corrected chi connectivity index (χ2v) is 8.96. The molecular weight excluding hydrogens is 427 g/mol. The van der Waals surface area contributed by atoms with E-state index in [4.69, 9.17) is 24.1 Å². The second kappa shape index (κ2) is 11.0. The van der Waals surface area contributed by atoms with Crippen LogP contribution in [0.2, 0.25) is 0 Å². The number of alkyl halides is 3. The Morgan fingerprint density at radius 3 is 2.53 bits per heavy atom. The minimum atomic E-state index is -5.08. The van der Waals surface area contributed by atoms with Crippen LogP contribution in [-0.4, -0.2) is 73.4 Å². The van der Waals surface area contributed by atoms with Crippen molar-refractivity contribution >= 4 is 5.97 Å². The molecule has 0 amide bonds. The highest BCUT2D eigenvalue weighted by molar-refractivity contribution is 5.73. The van der Waals surface area contributed by atoms with Crippen molar-refractivity contribution in [3.05, 3.63) is 35.4 Å². The molecule has 1 aromatic carbocycles. The number of carboxylic acid groups (broad SMARTS) is 1. The van der Waals surface area contributed by atoms with E-state index in [1.807, 2.05) is 0 Å². The maximum absolute atomic E-state index is 10.6. The van der Waals surface area contributed by atoms with Crippen LogP contribution in [0.1, 0.15) is 36.8 Å². The summed E-state index contributed by atoms with van der Waals surface area (Å²) >= 11 is 0. The Balaban J connectivity index is 0.000000360. The van der Waals surface area contributed by atoms with Crippen molar-refractivity contribution in [2.75, 3.05) is 39.5 Å². The fourth-order valence-electron chi connectivity index (χ4n) is 4.39. The summed E-state index contributed by atoms with van der Waals surface area (Å²) < 4.78 is 49.6. The van der Waals surface area contributed by atoms with E-state index in [0.29, 0.717) is 5.92 Å². The topological polar surface area (TPSA) is 68.2 Å². The van der Waals surface area contributed by atoms with E-state index in [9.17, 15) is 13.2 Å². The van der Waals surface area contributed by atoms with Gasteiger partial charge in [0.1, 0.15) is 0 Å². The van der Waals surface area contributed by atoms with E-state index in [-0.39, 0.29) is 11.7 Å². The van der Waals surface area contributed by atoms with Crippen LogP contribution in [0.25, 0.3) is 0 Å². The van der Waals surface area contributed by atoms with Gasteiger partial charge >= 0.3 is 12.1 Å². The van der Waals surface area contributed by atoms with Gasteiger partial charge in [0.2, 0.25) is 0 Å². The summed E-state index contributed by atoms with van der Waals surface area (Å²) in [6.45, 7) is 8.77. The number of hydrogen-bond donors (Lipinski definition) is 1. The molecule has 0 unspecified atom stereocenters. The number of halogens is 3. The van der Waals surface area contributed by atoms with Gasteiger partial charge in [-0.1, -0.05) is 29.8 Å². The molecule has 0 saturated carbocycles. The first-order valence-corrected chi connectivity index (χ1v) is 11.1. The van der Waals surface area contributed by atoms with Gasteiger partial charge in [0.05, 0.1) is 24.9 Å². The van der Waals surface area contributed by atoms with E-state index in [1.165, 1.54) is 11.1 Å². The van der Waals surface area contributed by atoms with Crippen molar-refractivity contribution in [3.8, 4) is 0 Å². The van der Waals surface area contributed by atoms with E-state index in [0.717, 1.165) is 71.7 Å². The maximum Gasteiger partial charge on any atom is 0.490 e. The number of likely N-dealkylation sites (tertiary alicyclic amines) is 1. The first-order valence-electron chi connectivity index (χ1n) is 11.1. The van der Waals surface area contributed by atoms with Crippen molar-refractivity contribution < 1.29 is 37.3 Å². The fraction of sp³-hybridized carbons (Fsp3) is 0.696. The first kappa shape index (κ1) is 25.0. The molecule has 3 aliphatic rings. The third kappa shape index (κ3) is 7.43. The normalized spacial score (nSPS) is 26.8. The molecule has 3 fully saturated rings. The van der Waals surface area contributed by atoms with E-state index in [1.54, 1.807) is 0 Å². The molecule has 1 aromatic rings. The Bertz CT molecular complexity index is 736. The van der Waals surface area contributed by atoms with Gasteiger partial charge in [-0.25, -0.2) is 4.79 Å². The lowest BCUT2D eigenvalue weighted by Gasteiger charge is -2.25. The van der Waals surface area contributed by atoms with E-state index in [2.05, 4.69) is 36.1 Å². The second-order valence-electron chi connectivity index (χ2n) is 8.96. The number of aryl methyl sites for hydroxylation is 1. The van der Waals surface area contributed by atoms with Gasteiger partial charge < -0.3 is 19.3 Å². The van der Waals surface area contributed by atoms with Crippen molar-refractivity contribution in [3.63, 3.8) is 0 Å². The number of benzene rings is 1. The summed E-state index contributed by atoms with van der Waals surface area (Å²) in [5.74, 6) is -2.08. The zero-order valence-corrected chi connectivity index (χ0v) is 18.4. The number of carboxylic acids is 1. The summed E-state index contributed by atoms with van der Waals surface area (Å²) in [7, 11) is 0. The standard InChI is InChI=1S/C21H31NO3.C2HF3O2/c1-17-2-4-18(5-3-17)13-22-9-8-21(16-22)12-20(15-25-21)24-14-19-6-10-23-11-7-19;3-2(4,5)1(6)7/h2-5,19-20H,6-16H2,1H3;(H,6,7)/t20-,21+;/m1./s1. The molecule has 3 saturated heterocycles. The number of aliphatic carboxylic acids is 1. The van der Waals surface area contributed by atoms with Gasteiger partial charge in [-0.2, -0.15) is 13.2 Å². The highest BCUT2D eigenvalue weighted by Gasteiger charge is 2.46. The summed E-state index contributed by atoms with van der Waals surface area (Å²) in [5, 5.41) is 7.12. The minimum absolute atomic E-state index is 0.0328. The van der Waals surface area contributed by atoms with Crippen LogP contribution in [0.3, 0.4) is 0 Å². The third-order valence-electron chi connectivity index (χ3n) is 6.25. The average molecular weight is 460 g/mol. The monoisotopic (exact) mass is 459 g/mol. The fourth-order valence-corrected chi connectivity index (χ4v) is 4.39. The zero-order chi connectivity index (χ0) is 23.2. The SMILES string of the molecule is Cc1ccc(CN2CC[C@]3(C[C@@H](OCC4CCOCC4)CO3)C2)cc1.O=C(O)C(F)(F)F. The summed E-state index contributed by atoms with van der Waals surface area (Å²) in [4.78, 5) is 11.4. The zero-order valence-electron chi connectivity index (χ0n) is 18.4. The largest absolute Gasteiger partial charge is 0.490 e. The highest BCUT2D eigenvalue weighted by atomic mass is 19.4. The van der Waals surface area contributed by atoms with Crippen molar-refractivity contribution in [1.29, 1.82) is 0 Å². The molecule has 6 nitrogen and oxygen atoms in total. The van der Waals surface area contributed by atoms with Crippen molar-refractivity contribution in [2.24, 2.45) is 5.92 Å². The van der Waals surface area contributed by atoms with E-state index >= 15 is 0 Å². The van der Waals surface area contributed by atoms with E-state index < -0.39 is 12.1 Å². The van der Waals surface area contributed by atoms with Gasteiger partial charge in [-0.3, -0.25) is 4.90 Å². The lowest BCUT2D eigenvalue weighted by Crippen LogP contribution is -2.33. The third-order valence-corrected chi connectivity index (χ3v) is 6.25. The molecule has 1 N–H and O–H groups in total. The first-order chi connectivity index (χ1) is 15.2. The van der Waals surface area contributed by atoms with Gasteiger partial charge in [0.25, 0.3) is 0 Å². The number of hydrogen-bond acceptors (Lipinski definition) is 5. The minimum Gasteiger partial charge on any atom is -0.475 e. The van der Waals surface area contributed by atoms with Gasteiger partial charge in [-0.15, -0.1) is 0 Å². The number of rotatable bonds is 5.